The fourth-order valence-electron chi connectivity index (χ4n) is 6.82. The predicted octanol–water partition coefficient (Wildman–Crippen LogP) is 2.46. The second-order valence-electron chi connectivity index (χ2n) is 12.7. The molecule has 5 heterocycles. The van der Waals surface area contributed by atoms with E-state index in [1.54, 1.807) is 19.9 Å². The molecule has 0 saturated carbocycles. The first-order valence-corrected chi connectivity index (χ1v) is 15.1. The van der Waals surface area contributed by atoms with Crippen LogP contribution in [0.3, 0.4) is 0 Å². The van der Waals surface area contributed by atoms with Gasteiger partial charge >= 0.3 is 0 Å². The van der Waals surface area contributed by atoms with Crippen molar-refractivity contribution in [3.8, 4) is 0 Å². The first kappa shape index (κ1) is 31.6. The zero-order valence-electron chi connectivity index (χ0n) is 25.9. The van der Waals surface area contributed by atoms with E-state index in [1.165, 1.54) is 18.0 Å². The third-order valence-electron chi connectivity index (χ3n) is 9.67. The molecule has 0 aromatic rings. The van der Waals surface area contributed by atoms with E-state index < -0.39 is 65.1 Å². The Balaban J connectivity index is 1.36. The van der Waals surface area contributed by atoms with Gasteiger partial charge in [-0.15, -0.1) is 0 Å². The predicted molar refractivity (Wildman–Crippen MR) is 155 cm³/mol. The van der Waals surface area contributed by atoms with Gasteiger partial charge in [0.05, 0.1) is 36.9 Å². The summed E-state index contributed by atoms with van der Waals surface area (Å²) < 4.78 is 24.3. The highest BCUT2D eigenvalue weighted by atomic mass is 16.8. The van der Waals surface area contributed by atoms with E-state index in [0.717, 1.165) is 5.57 Å². The molecule has 11 atom stereocenters. The zero-order valence-corrected chi connectivity index (χ0v) is 25.9. The zero-order chi connectivity index (χ0) is 31.4. The van der Waals surface area contributed by atoms with Gasteiger partial charge in [0.1, 0.15) is 23.6 Å². The number of nitrogens with zero attached hydrogens (tertiary/aromatic N) is 1. The Hall–Kier alpha value is -2.83. The number of fused-ring (bicyclic) bond motifs is 3. The van der Waals surface area contributed by atoms with Gasteiger partial charge in [-0.1, -0.05) is 44.6 Å². The highest BCUT2D eigenvalue weighted by Crippen LogP contribution is 2.52. The number of allylic oxidation sites excluding steroid dienone is 3. The maximum Gasteiger partial charge on any atom is 0.264 e. The van der Waals surface area contributed by atoms with Crippen molar-refractivity contribution in [3.05, 3.63) is 47.3 Å². The third-order valence-corrected chi connectivity index (χ3v) is 9.67. The van der Waals surface area contributed by atoms with Gasteiger partial charge in [-0.25, -0.2) is 0 Å². The monoisotopic (exact) mass is 600 g/mol. The maximum atomic E-state index is 13.6. The van der Waals surface area contributed by atoms with Gasteiger partial charge in [0.15, 0.2) is 11.4 Å². The molecule has 43 heavy (non-hydrogen) atoms. The van der Waals surface area contributed by atoms with Crippen molar-refractivity contribution in [2.45, 2.75) is 102 Å². The smallest absolute Gasteiger partial charge is 0.264 e. The number of amides is 2. The first-order chi connectivity index (χ1) is 20.2. The van der Waals surface area contributed by atoms with E-state index in [0.29, 0.717) is 19.4 Å². The lowest BCUT2D eigenvalue weighted by molar-refractivity contribution is -0.346. The minimum atomic E-state index is -1.15. The average Bonchev–Trinajstić information content (AvgIpc) is 3.71. The Morgan fingerprint density at radius 2 is 1.88 bits per heavy atom. The van der Waals surface area contributed by atoms with E-state index >= 15 is 0 Å². The van der Waals surface area contributed by atoms with Crippen molar-refractivity contribution in [2.75, 3.05) is 13.7 Å². The number of hydrogen-bond donors (Lipinski definition) is 3. The summed E-state index contributed by atoms with van der Waals surface area (Å²) >= 11 is 0. The van der Waals surface area contributed by atoms with Crippen LogP contribution in [0.5, 0.6) is 0 Å². The molecule has 11 nitrogen and oxygen atoms in total. The highest BCUT2D eigenvalue weighted by molar-refractivity contribution is 6.27. The number of hydrogen-bond acceptors (Lipinski definition) is 9. The number of nitrogens with one attached hydrogen (secondary N) is 1. The van der Waals surface area contributed by atoms with Crippen molar-refractivity contribution in [3.63, 3.8) is 0 Å². The molecule has 1 spiro atoms. The molecular formula is C32H44N2O9. The van der Waals surface area contributed by atoms with Crippen molar-refractivity contribution in [1.82, 2.24) is 10.2 Å². The quantitative estimate of drug-likeness (QED) is 0.100. The number of ketones is 1. The van der Waals surface area contributed by atoms with Crippen molar-refractivity contribution in [2.24, 2.45) is 17.8 Å². The van der Waals surface area contributed by atoms with Gasteiger partial charge in [-0.3, -0.25) is 14.4 Å². The van der Waals surface area contributed by atoms with Crippen LogP contribution in [0.15, 0.2) is 47.3 Å². The molecule has 2 amide bonds. The standard InChI is InChI=1S/C32H44N2O9/c1-16(14-17(2)28-18(3)23-12-13-32(15-40-32)31(6,42-23)43-28)8-9-22(36)25-27(37)26(19(4)29(38)33-7)34(30(25)39)24-11-10-21(35)20(5)41-24/h8-9,12-14,17-21,23-24,26,28,35-36H,10-11,15H2,1-7H3,(H,33,38)/b9-8+,16-14+,25-22+/t17-,18+,19?,20?,21?,23+,24?,26+,28-,31?,32?/m1/s1. The highest BCUT2D eigenvalue weighted by Gasteiger charge is 2.66. The fraction of sp³-hybridized carbons (Fsp3) is 0.656. The van der Waals surface area contributed by atoms with Gasteiger partial charge in [0, 0.05) is 18.9 Å². The molecule has 5 rings (SSSR count). The Bertz CT molecular complexity index is 1280. The summed E-state index contributed by atoms with van der Waals surface area (Å²) in [6, 6.07) is -1.15. The molecule has 0 aliphatic carbocycles. The molecule has 2 bridgehead atoms. The largest absolute Gasteiger partial charge is 0.507 e. The Labute approximate surface area is 252 Å². The van der Waals surface area contributed by atoms with Crippen LogP contribution < -0.4 is 5.32 Å². The summed E-state index contributed by atoms with van der Waals surface area (Å²) in [5.41, 5.74) is -0.127. The van der Waals surface area contributed by atoms with E-state index in [-0.39, 0.29) is 29.6 Å². The van der Waals surface area contributed by atoms with Crippen LogP contribution in [0, 0.1) is 17.8 Å². The van der Waals surface area contributed by atoms with Crippen LogP contribution in [0.1, 0.15) is 54.4 Å². The van der Waals surface area contributed by atoms with Crippen LogP contribution in [-0.2, 0) is 33.3 Å². The van der Waals surface area contributed by atoms with E-state index in [4.69, 9.17) is 18.9 Å². The van der Waals surface area contributed by atoms with Gasteiger partial charge in [-0.05, 0) is 45.8 Å². The van der Waals surface area contributed by atoms with Gasteiger partial charge in [0.2, 0.25) is 11.7 Å². The molecule has 4 fully saturated rings. The van der Waals surface area contributed by atoms with Crippen LogP contribution in [0.2, 0.25) is 0 Å². The van der Waals surface area contributed by atoms with E-state index in [2.05, 4.69) is 31.3 Å². The molecular weight excluding hydrogens is 556 g/mol. The minimum Gasteiger partial charge on any atom is -0.507 e. The number of epoxide rings is 1. The summed E-state index contributed by atoms with van der Waals surface area (Å²) in [6.45, 7) is 11.7. The fourth-order valence-corrected chi connectivity index (χ4v) is 6.82. The number of ether oxygens (including phenoxy) is 4. The SMILES string of the molecule is CNC(=O)C(C)[C@H]1C(=O)/C(=C(O)/C=C/C(C)=C/[C@@H](C)[C@H]2OC3(C)O[C@@H](C=CC34CO4)[C@@H]2C)C(=O)N1C1CCC(O)C(C)O1. The lowest BCUT2D eigenvalue weighted by atomic mass is 9.82. The summed E-state index contributed by atoms with van der Waals surface area (Å²) in [7, 11) is 1.46. The van der Waals surface area contributed by atoms with E-state index in [1.807, 2.05) is 19.9 Å². The minimum absolute atomic E-state index is 0.0220. The molecule has 236 valence electrons. The average molecular weight is 601 g/mol. The molecule has 5 aliphatic rings. The number of rotatable bonds is 7. The number of carbonyl (C=O) groups is 3. The molecule has 0 radical (unpaired) electrons. The summed E-state index contributed by atoms with van der Waals surface area (Å²) in [5.74, 6) is -3.93. The Kier molecular flexibility index (Phi) is 8.51. The molecule has 6 unspecified atom stereocenters. The van der Waals surface area contributed by atoms with Crippen LogP contribution in [0.25, 0.3) is 0 Å². The third kappa shape index (κ3) is 5.50. The number of Topliss-reactive ketones (excluding diaryl/α,β-unsaturated/α-hetero) is 1. The van der Waals surface area contributed by atoms with Crippen molar-refractivity contribution in [1.29, 1.82) is 0 Å². The van der Waals surface area contributed by atoms with Gasteiger partial charge in [0.25, 0.3) is 5.91 Å². The summed E-state index contributed by atoms with van der Waals surface area (Å²) in [4.78, 5) is 41.1. The normalized spacial score (nSPS) is 42.0. The Morgan fingerprint density at radius 3 is 2.51 bits per heavy atom. The van der Waals surface area contributed by atoms with Gasteiger partial charge in [-0.2, -0.15) is 0 Å². The Morgan fingerprint density at radius 1 is 1.19 bits per heavy atom. The van der Waals surface area contributed by atoms with Crippen LogP contribution in [0.4, 0.5) is 0 Å². The molecule has 5 aliphatic heterocycles. The lowest BCUT2D eigenvalue weighted by Crippen LogP contribution is -2.61. The molecule has 11 heteroatoms. The number of carbonyl (C=O) groups excluding carboxylic acids is 3. The lowest BCUT2D eigenvalue weighted by Gasteiger charge is -2.51. The number of likely N-dealkylation sites (tertiary alicyclic amines) is 1. The molecule has 4 saturated heterocycles. The summed E-state index contributed by atoms with van der Waals surface area (Å²) in [5, 5.41) is 23.7. The molecule has 0 aromatic heterocycles. The number of aliphatic hydroxyl groups excluding tert-OH is 2. The second-order valence-corrected chi connectivity index (χ2v) is 12.7. The first-order valence-electron chi connectivity index (χ1n) is 15.1. The topological polar surface area (TPSA) is 147 Å². The van der Waals surface area contributed by atoms with Crippen molar-refractivity contribution >= 4 is 17.6 Å². The van der Waals surface area contributed by atoms with Crippen LogP contribution in [-0.4, -0.2) is 94.4 Å². The van der Waals surface area contributed by atoms with E-state index in [9.17, 15) is 24.6 Å². The molecule has 0 aromatic carbocycles. The van der Waals surface area contributed by atoms with Crippen LogP contribution >= 0.6 is 0 Å². The van der Waals surface area contributed by atoms with Crippen molar-refractivity contribution < 1.29 is 43.5 Å². The molecule has 3 N–H and O–H groups in total. The maximum absolute atomic E-state index is 13.6. The second kappa shape index (κ2) is 11.6. The summed E-state index contributed by atoms with van der Waals surface area (Å²) in [6.07, 6.45) is 7.46. The van der Waals surface area contributed by atoms with Gasteiger partial charge < -0.3 is 39.4 Å². The number of aliphatic hydroxyl groups is 2.